The molecule has 1 rings (SSSR count). The summed E-state index contributed by atoms with van der Waals surface area (Å²) in [6, 6.07) is 7.58. The van der Waals surface area contributed by atoms with Crippen LogP contribution in [0.4, 0.5) is 5.69 Å². The fourth-order valence-electron chi connectivity index (χ4n) is 1.41. The number of nitrogen functional groups attached to an aromatic ring is 1. The minimum atomic E-state index is -0.151. The highest BCUT2D eigenvalue weighted by molar-refractivity contribution is 5.70. The van der Waals surface area contributed by atoms with E-state index in [0.29, 0.717) is 13.0 Å². The number of hydrogen-bond acceptors (Lipinski definition) is 3. The Bertz CT molecular complexity index is 319. The van der Waals surface area contributed by atoms with Crippen molar-refractivity contribution < 1.29 is 9.53 Å². The predicted octanol–water partition coefficient (Wildman–Crippen LogP) is 2.33. The number of esters is 1. The van der Waals surface area contributed by atoms with Gasteiger partial charge in [0.05, 0.1) is 13.0 Å². The second kappa shape index (κ2) is 5.39. The molecule has 1 aromatic rings. The Labute approximate surface area is 90.2 Å². The Morgan fingerprint density at radius 1 is 1.40 bits per heavy atom. The van der Waals surface area contributed by atoms with Crippen molar-refractivity contribution in [3.05, 3.63) is 29.8 Å². The van der Waals surface area contributed by atoms with E-state index in [1.54, 1.807) is 0 Å². The van der Waals surface area contributed by atoms with Crippen LogP contribution < -0.4 is 5.73 Å². The van der Waals surface area contributed by atoms with Gasteiger partial charge < -0.3 is 10.5 Å². The summed E-state index contributed by atoms with van der Waals surface area (Å²) in [5, 5.41) is 0. The molecule has 1 atom stereocenters. The summed E-state index contributed by atoms with van der Waals surface area (Å²) in [7, 11) is 0. The molecule has 1 aromatic carbocycles. The fourth-order valence-corrected chi connectivity index (χ4v) is 1.41. The van der Waals surface area contributed by atoms with Crippen LogP contribution in [0.5, 0.6) is 0 Å². The van der Waals surface area contributed by atoms with Crippen LogP contribution in [0.15, 0.2) is 24.3 Å². The van der Waals surface area contributed by atoms with Gasteiger partial charge in [-0.05, 0) is 30.5 Å². The van der Waals surface area contributed by atoms with Gasteiger partial charge in [0.2, 0.25) is 0 Å². The van der Waals surface area contributed by atoms with Crippen LogP contribution in [0.2, 0.25) is 0 Å². The molecule has 3 heteroatoms. The molecule has 0 spiro atoms. The molecule has 0 heterocycles. The molecule has 3 nitrogen and oxygen atoms in total. The first-order valence-corrected chi connectivity index (χ1v) is 5.14. The third-order valence-electron chi connectivity index (χ3n) is 2.28. The Morgan fingerprint density at radius 2 is 2.00 bits per heavy atom. The maximum atomic E-state index is 11.2. The van der Waals surface area contributed by atoms with Crippen LogP contribution in [0.25, 0.3) is 0 Å². The lowest BCUT2D eigenvalue weighted by molar-refractivity contribution is -0.143. The lowest BCUT2D eigenvalue weighted by atomic mass is 9.98. The van der Waals surface area contributed by atoms with Gasteiger partial charge in [0.1, 0.15) is 0 Å². The Kier molecular flexibility index (Phi) is 4.16. The first kappa shape index (κ1) is 11.6. The van der Waals surface area contributed by atoms with Gasteiger partial charge in [-0.15, -0.1) is 0 Å². The highest BCUT2D eigenvalue weighted by Gasteiger charge is 2.11. The van der Waals surface area contributed by atoms with Crippen molar-refractivity contribution in [1.29, 1.82) is 0 Å². The van der Waals surface area contributed by atoms with Gasteiger partial charge in [-0.1, -0.05) is 19.1 Å². The second-order valence-corrected chi connectivity index (χ2v) is 3.58. The van der Waals surface area contributed by atoms with E-state index < -0.39 is 0 Å². The molecule has 0 aromatic heterocycles. The second-order valence-electron chi connectivity index (χ2n) is 3.58. The van der Waals surface area contributed by atoms with Crippen molar-refractivity contribution in [3.8, 4) is 0 Å². The van der Waals surface area contributed by atoms with Crippen LogP contribution in [-0.2, 0) is 9.53 Å². The van der Waals surface area contributed by atoms with Crippen LogP contribution in [0.1, 0.15) is 31.7 Å². The number of carbonyl (C=O) groups is 1. The quantitative estimate of drug-likeness (QED) is 0.609. The molecule has 2 N–H and O–H groups in total. The molecule has 0 aliphatic carbocycles. The highest BCUT2D eigenvalue weighted by Crippen LogP contribution is 2.20. The van der Waals surface area contributed by atoms with Gasteiger partial charge in [-0.3, -0.25) is 4.79 Å². The zero-order chi connectivity index (χ0) is 11.3. The summed E-state index contributed by atoms with van der Waals surface area (Å²) in [5.41, 5.74) is 7.43. The summed E-state index contributed by atoms with van der Waals surface area (Å²) < 4.78 is 4.89. The van der Waals surface area contributed by atoms with E-state index in [1.807, 2.05) is 38.1 Å². The molecule has 0 amide bonds. The van der Waals surface area contributed by atoms with E-state index in [9.17, 15) is 4.79 Å². The average molecular weight is 207 g/mol. The average Bonchev–Trinajstić information content (AvgIpc) is 2.18. The van der Waals surface area contributed by atoms with Crippen LogP contribution in [0, 0.1) is 0 Å². The van der Waals surface area contributed by atoms with Gasteiger partial charge in [0.15, 0.2) is 0 Å². The summed E-state index contributed by atoms with van der Waals surface area (Å²) in [6.45, 7) is 4.25. The highest BCUT2D eigenvalue weighted by atomic mass is 16.5. The van der Waals surface area contributed by atoms with E-state index in [1.165, 1.54) is 0 Å². The third kappa shape index (κ3) is 3.62. The molecule has 0 radical (unpaired) electrons. The number of anilines is 1. The molecule has 82 valence electrons. The van der Waals surface area contributed by atoms with E-state index in [4.69, 9.17) is 10.5 Å². The minimum absolute atomic E-state index is 0.151. The molecule has 0 saturated carbocycles. The third-order valence-corrected chi connectivity index (χ3v) is 2.28. The molecular formula is C12H17NO2. The Morgan fingerprint density at radius 3 is 2.53 bits per heavy atom. The summed E-state index contributed by atoms with van der Waals surface area (Å²) in [4.78, 5) is 11.2. The standard InChI is InChI=1S/C12H17NO2/c1-3-15-12(14)8-9(2)10-4-6-11(13)7-5-10/h4-7,9H,3,8,13H2,1-2H3/t9-/m1/s1. The van der Waals surface area contributed by atoms with Crippen molar-refractivity contribution in [2.75, 3.05) is 12.3 Å². The van der Waals surface area contributed by atoms with Gasteiger partial charge in [0.25, 0.3) is 0 Å². The molecule has 0 aliphatic heterocycles. The monoisotopic (exact) mass is 207 g/mol. The minimum Gasteiger partial charge on any atom is -0.466 e. The van der Waals surface area contributed by atoms with Crippen molar-refractivity contribution in [2.45, 2.75) is 26.2 Å². The summed E-state index contributed by atoms with van der Waals surface area (Å²) in [5.74, 6) is 0.0199. The molecule has 0 bridgehead atoms. The first-order valence-electron chi connectivity index (χ1n) is 5.14. The van der Waals surface area contributed by atoms with Crippen molar-refractivity contribution >= 4 is 11.7 Å². The number of hydrogen-bond donors (Lipinski definition) is 1. The molecule has 15 heavy (non-hydrogen) atoms. The largest absolute Gasteiger partial charge is 0.466 e. The number of carbonyl (C=O) groups excluding carboxylic acids is 1. The molecule has 0 saturated heterocycles. The number of ether oxygens (including phenoxy) is 1. The molecule has 0 fully saturated rings. The maximum Gasteiger partial charge on any atom is 0.306 e. The van der Waals surface area contributed by atoms with Gasteiger partial charge in [0, 0.05) is 5.69 Å². The zero-order valence-electron chi connectivity index (χ0n) is 9.19. The number of nitrogens with two attached hydrogens (primary N) is 1. The van der Waals surface area contributed by atoms with Crippen molar-refractivity contribution in [1.82, 2.24) is 0 Å². The van der Waals surface area contributed by atoms with Gasteiger partial charge >= 0.3 is 5.97 Å². The lowest BCUT2D eigenvalue weighted by Crippen LogP contribution is -2.08. The van der Waals surface area contributed by atoms with Gasteiger partial charge in [-0.2, -0.15) is 0 Å². The summed E-state index contributed by atoms with van der Waals surface area (Å²) >= 11 is 0. The van der Waals surface area contributed by atoms with E-state index in [0.717, 1.165) is 11.3 Å². The summed E-state index contributed by atoms with van der Waals surface area (Å²) in [6.07, 6.45) is 0.414. The lowest BCUT2D eigenvalue weighted by Gasteiger charge is -2.11. The maximum absolute atomic E-state index is 11.2. The first-order chi connectivity index (χ1) is 7.13. The van der Waals surface area contributed by atoms with Crippen LogP contribution in [0.3, 0.4) is 0 Å². The van der Waals surface area contributed by atoms with Crippen molar-refractivity contribution in [2.24, 2.45) is 0 Å². The van der Waals surface area contributed by atoms with Gasteiger partial charge in [-0.25, -0.2) is 0 Å². The smallest absolute Gasteiger partial charge is 0.306 e. The number of rotatable bonds is 4. The van der Waals surface area contributed by atoms with Crippen molar-refractivity contribution in [3.63, 3.8) is 0 Å². The van der Waals surface area contributed by atoms with Crippen LogP contribution >= 0.6 is 0 Å². The fraction of sp³-hybridized carbons (Fsp3) is 0.417. The van der Waals surface area contributed by atoms with E-state index in [2.05, 4.69) is 0 Å². The normalized spacial score (nSPS) is 12.1. The predicted molar refractivity (Wildman–Crippen MR) is 60.5 cm³/mol. The zero-order valence-corrected chi connectivity index (χ0v) is 9.19. The SMILES string of the molecule is CCOC(=O)C[C@@H](C)c1ccc(N)cc1. The van der Waals surface area contributed by atoms with E-state index in [-0.39, 0.29) is 11.9 Å². The Hall–Kier alpha value is -1.51. The molecule has 0 unspecified atom stereocenters. The molecular weight excluding hydrogens is 190 g/mol. The molecule has 0 aliphatic rings. The van der Waals surface area contributed by atoms with E-state index >= 15 is 0 Å². The van der Waals surface area contributed by atoms with Crippen LogP contribution in [-0.4, -0.2) is 12.6 Å². The Balaban J connectivity index is 2.57. The topological polar surface area (TPSA) is 52.3 Å². The number of benzene rings is 1.